The molecule has 2 rings (SSSR count). The number of hydrogen-bond acceptors (Lipinski definition) is 5. The van der Waals surface area contributed by atoms with Gasteiger partial charge in [0.05, 0.1) is 0 Å². The zero-order valence-electron chi connectivity index (χ0n) is 8.51. The number of aryl methyl sites for hydroxylation is 2. The zero-order valence-corrected chi connectivity index (χ0v) is 9.32. The maximum atomic E-state index is 5.79. The summed E-state index contributed by atoms with van der Waals surface area (Å²) in [6.07, 6.45) is 3.27. The molecule has 2 aromatic rings. The fourth-order valence-corrected chi connectivity index (χ4v) is 1.80. The van der Waals surface area contributed by atoms with Crippen LogP contribution in [0.4, 0.5) is 5.69 Å². The van der Waals surface area contributed by atoms with Crippen molar-refractivity contribution in [2.24, 2.45) is 7.05 Å². The van der Waals surface area contributed by atoms with Crippen molar-refractivity contribution in [3.63, 3.8) is 0 Å². The number of aromatic nitrogens is 4. The van der Waals surface area contributed by atoms with E-state index in [2.05, 4.69) is 15.1 Å². The highest BCUT2D eigenvalue weighted by molar-refractivity contribution is 7.99. The monoisotopic (exact) mass is 221 g/mol. The molecular formula is C9H11N5S. The molecule has 0 fully saturated rings. The molecule has 2 heterocycles. The van der Waals surface area contributed by atoms with E-state index in [0.717, 1.165) is 21.4 Å². The van der Waals surface area contributed by atoms with Crippen molar-refractivity contribution in [1.29, 1.82) is 0 Å². The van der Waals surface area contributed by atoms with Crippen LogP contribution >= 0.6 is 11.8 Å². The zero-order chi connectivity index (χ0) is 10.8. The van der Waals surface area contributed by atoms with Crippen LogP contribution in [0.5, 0.6) is 0 Å². The standard InChI is InChI=1S/C9H11N5S/c1-6-4-11-8(3-7(6)10)15-9-12-5-13-14(9)2/h3-5H,1-2H3,(H2,10,11). The molecule has 6 heteroatoms. The highest BCUT2D eigenvalue weighted by Gasteiger charge is 2.05. The van der Waals surface area contributed by atoms with Crippen molar-refractivity contribution in [1.82, 2.24) is 19.7 Å². The summed E-state index contributed by atoms with van der Waals surface area (Å²) in [5, 5.41) is 5.60. The van der Waals surface area contributed by atoms with Crippen LogP contribution < -0.4 is 5.73 Å². The van der Waals surface area contributed by atoms with Crippen molar-refractivity contribution in [3.05, 3.63) is 24.2 Å². The Morgan fingerprint density at radius 3 is 2.80 bits per heavy atom. The average Bonchev–Trinajstić information content (AvgIpc) is 2.59. The van der Waals surface area contributed by atoms with Gasteiger partial charge < -0.3 is 5.73 Å². The van der Waals surface area contributed by atoms with Gasteiger partial charge in [-0.15, -0.1) is 0 Å². The van der Waals surface area contributed by atoms with E-state index >= 15 is 0 Å². The SMILES string of the molecule is Cc1cnc(Sc2ncnn2C)cc1N. The Balaban J connectivity index is 2.25. The molecule has 0 amide bonds. The van der Waals surface area contributed by atoms with Gasteiger partial charge in [-0.25, -0.2) is 14.6 Å². The second-order valence-electron chi connectivity index (χ2n) is 3.15. The lowest BCUT2D eigenvalue weighted by atomic mass is 10.3. The Bertz CT molecular complexity index is 479. The molecule has 0 aromatic carbocycles. The number of nitrogen functional groups attached to an aromatic ring is 1. The number of rotatable bonds is 2. The lowest BCUT2D eigenvalue weighted by Crippen LogP contribution is -1.95. The molecule has 0 aliphatic rings. The third-order valence-corrected chi connectivity index (χ3v) is 2.97. The summed E-state index contributed by atoms with van der Waals surface area (Å²) in [6, 6.07) is 1.84. The molecular weight excluding hydrogens is 210 g/mol. The Morgan fingerprint density at radius 2 is 2.20 bits per heavy atom. The van der Waals surface area contributed by atoms with Crippen LogP contribution in [0.25, 0.3) is 0 Å². The van der Waals surface area contributed by atoms with E-state index in [0.29, 0.717) is 0 Å². The average molecular weight is 221 g/mol. The summed E-state index contributed by atoms with van der Waals surface area (Å²) in [4.78, 5) is 8.35. The molecule has 0 saturated carbocycles. The third kappa shape index (κ3) is 2.10. The van der Waals surface area contributed by atoms with Crippen LogP contribution in [0.1, 0.15) is 5.56 Å². The number of nitrogens with two attached hydrogens (primary N) is 1. The topological polar surface area (TPSA) is 69.6 Å². The van der Waals surface area contributed by atoms with E-state index in [1.807, 2.05) is 20.0 Å². The first-order valence-electron chi connectivity index (χ1n) is 4.41. The first-order chi connectivity index (χ1) is 7.16. The van der Waals surface area contributed by atoms with Gasteiger partial charge in [-0.3, -0.25) is 0 Å². The summed E-state index contributed by atoms with van der Waals surface area (Å²) in [6.45, 7) is 1.93. The minimum Gasteiger partial charge on any atom is -0.398 e. The quantitative estimate of drug-likeness (QED) is 0.826. The van der Waals surface area contributed by atoms with Crippen molar-refractivity contribution >= 4 is 17.4 Å². The van der Waals surface area contributed by atoms with Crippen LogP contribution in [-0.2, 0) is 7.05 Å². The molecule has 15 heavy (non-hydrogen) atoms. The largest absolute Gasteiger partial charge is 0.398 e. The summed E-state index contributed by atoms with van der Waals surface area (Å²) >= 11 is 1.44. The molecule has 0 atom stereocenters. The van der Waals surface area contributed by atoms with E-state index < -0.39 is 0 Å². The molecule has 5 nitrogen and oxygen atoms in total. The molecule has 0 spiro atoms. The Labute approximate surface area is 91.7 Å². The minimum atomic E-state index is 0.745. The van der Waals surface area contributed by atoms with E-state index in [1.54, 1.807) is 10.9 Å². The minimum absolute atomic E-state index is 0.745. The maximum Gasteiger partial charge on any atom is 0.192 e. The van der Waals surface area contributed by atoms with Gasteiger partial charge in [-0.1, -0.05) is 0 Å². The van der Waals surface area contributed by atoms with E-state index in [1.165, 1.54) is 18.1 Å². The van der Waals surface area contributed by atoms with Gasteiger partial charge in [-0.2, -0.15) is 5.10 Å². The van der Waals surface area contributed by atoms with Crippen LogP contribution in [0, 0.1) is 6.92 Å². The van der Waals surface area contributed by atoms with Crippen LogP contribution in [0.2, 0.25) is 0 Å². The van der Waals surface area contributed by atoms with E-state index in [-0.39, 0.29) is 0 Å². The molecule has 0 unspecified atom stereocenters. The number of nitrogens with zero attached hydrogens (tertiary/aromatic N) is 4. The van der Waals surface area contributed by atoms with Gasteiger partial charge >= 0.3 is 0 Å². The molecule has 78 valence electrons. The van der Waals surface area contributed by atoms with Gasteiger partial charge in [0.25, 0.3) is 0 Å². The fourth-order valence-electron chi connectivity index (χ4n) is 1.05. The second kappa shape index (κ2) is 3.90. The molecule has 0 aliphatic heterocycles. The van der Waals surface area contributed by atoms with Crippen LogP contribution in [-0.4, -0.2) is 19.7 Å². The second-order valence-corrected chi connectivity index (χ2v) is 4.13. The third-order valence-electron chi connectivity index (χ3n) is 1.99. The summed E-state index contributed by atoms with van der Waals surface area (Å²) in [7, 11) is 1.84. The van der Waals surface area contributed by atoms with Crippen LogP contribution in [0.15, 0.2) is 28.8 Å². The van der Waals surface area contributed by atoms with Crippen molar-refractivity contribution in [3.8, 4) is 0 Å². The molecule has 2 aromatic heterocycles. The summed E-state index contributed by atoms with van der Waals surface area (Å²) in [5.74, 6) is 0. The van der Waals surface area contributed by atoms with Crippen LogP contribution in [0.3, 0.4) is 0 Å². The first-order valence-corrected chi connectivity index (χ1v) is 5.22. The molecule has 0 bridgehead atoms. The molecule has 2 N–H and O–H groups in total. The lowest BCUT2D eigenvalue weighted by molar-refractivity contribution is 0.684. The smallest absolute Gasteiger partial charge is 0.192 e. The molecule has 0 saturated heterocycles. The van der Waals surface area contributed by atoms with Crippen molar-refractivity contribution in [2.45, 2.75) is 17.1 Å². The maximum absolute atomic E-state index is 5.79. The van der Waals surface area contributed by atoms with Crippen molar-refractivity contribution < 1.29 is 0 Å². The van der Waals surface area contributed by atoms with E-state index in [9.17, 15) is 0 Å². The molecule has 0 aliphatic carbocycles. The van der Waals surface area contributed by atoms with Gasteiger partial charge in [0.2, 0.25) is 0 Å². The van der Waals surface area contributed by atoms with E-state index in [4.69, 9.17) is 5.73 Å². The molecule has 0 radical (unpaired) electrons. The van der Waals surface area contributed by atoms with Gasteiger partial charge in [0, 0.05) is 18.9 Å². The predicted octanol–water partition coefficient (Wildman–Crippen LogP) is 1.25. The summed E-state index contributed by atoms with van der Waals surface area (Å²) < 4.78 is 1.70. The van der Waals surface area contributed by atoms with Gasteiger partial charge in [-0.05, 0) is 30.3 Å². The number of pyridine rings is 1. The normalized spacial score (nSPS) is 10.5. The predicted molar refractivity (Wildman–Crippen MR) is 58.5 cm³/mol. The van der Waals surface area contributed by atoms with Gasteiger partial charge in [0.15, 0.2) is 5.16 Å². The fraction of sp³-hybridized carbons (Fsp3) is 0.222. The van der Waals surface area contributed by atoms with Gasteiger partial charge in [0.1, 0.15) is 11.4 Å². The summed E-state index contributed by atoms with van der Waals surface area (Å²) in [5.41, 5.74) is 7.52. The lowest BCUT2D eigenvalue weighted by Gasteiger charge is -2.02. The highest BCUT2D eigenvalue weighted by atomic mass is 32.2. The Kier molecular flexibility index (Phi) is 2.59. The Hall–Kier alpha value is -1.56. The number of hydrogen-bond donors (Lipinski definition) is 1. The Morgan fingerprint density at radius 1 is 1.40 bits per heavy atom. The van der Waals surface area contributed by atoms with Crippen molar-refractivity contribution in [2.75, 3.05) is 5.73 Å². The number of anilines is 1. The first kappa shape index (κ1) is 9.97. The highest BCUT2D eigenvalue weighted by Crippen LogP contribution is 2.25.